The molecule has 0 aromatic heterocycles. The summed E-state index contributed by atoms with van der Waals surface area (Å²) in [6.07, 6.45) is -4.67. The summed E-state index contributed by atoms with van der Waals surface area (Å²) in [5.74, 6) is -0.176. The first-order valence-corrected chi connectivity index (χ1v) is 8.75. The van der Waals surface area contributed by atoms with Crippen molar-refractivity contribution in [1.82, 2.24) is 15.1 Å². The maximum Gasteiger partial charge on any atom is 0.573 e. The second kappa shape index (κ2) is 8.73. The quantitative estimate of drug-likeness (QED) is 0.833. The molecule has 0 aliphatic carbocycles. The van der Waals surface area contributed by atoms with E-state index in [1.54, 1.807) is 12.1 Å². The average Bonchev–Trinajstić information content (AvgIpc) is 2.55. The minimum Gasteiger partial charge on any atom is -0.406 e. The highest BCUT2D eigenvalue weighted by Crippen LogP contribution is 2.23. The van der Waals surface area contributed by atoms with Gasteiger partial charge in [0.05, 0.1) is 6.04 Å². The molecule has 2 rings (SSSR count). The van der Waals surface area contributed by atoms with E-state index in [1.165, 1.54) is 12.1 Å². The highest BCUT2D eigenvalue weighted by molar-refractivity contribution is 5.81. The van der Waals surface area contributed by atoms with Crippen molar-refractivity contribution in [3.63, 3.8) is 0 Å². The molecule has 146 valence electrons. The van der Waals surface area contributed by atoms with Gasteiger partial charge in [0.1, 0.15) is 5.75 Å². The lowest BCUT2D eigenvalue weighted by atomic mass is 10.1. The fourth-order valence-electron chi connectivity index (χ4n) is 2.93. The van der Waals surface area contributed by atoms with Gasteiger partial charge in [-0.25, -0.2) is 0 Å². The van der Waals surface area contributed by atoms with Crippen molar-refractivity contribution in [3.05, 3.63) is 29.8 Å². The van der Waals surface area contributed by atoms with Crippen molar-refractivity contribution < 1.29 is 22.7 Å². The summed E-state index contributed by atoms with van der Waals surface area (Å²) in [6.45, 7) is 9.62. The van der Waals surface area contributed by atoms with Gasteiger partial charge in [-0.05, 0) is 38.5 Å². The summed E-state index contributed by atoms with van der Waals surface area (Å²) in [6, 6.07) is 5.90. The largest absolute Gasteiger partial charge is 0.573 e. The first-order valence-electron chi connectivity index (χ1n) is 8.75. The lowest BCUT2D eigenvalue weighted by molar-refractivity contribution is -0.274. The Morgan fingerprint density at radius 3 is 2.19 bits per heavy atom. The van der Waals surface area contributed by atoms with Crippen LogP contribution < -0.4 is 10.1 Å². The van der Waals surface area contributed by atoms with Crippen molar-refractivity contribution >= 4 is 5.91 Å². The summed E-state index contributed by atoms with van der Waals surface area (Å²) in [5.41, 5.74) is 0.929. The van der Waals surface area contributed by atoms with Crippen molar-refractivity contribution in [2.75, 3.05) is 26.2 Å². The predicted octanol–water partition coefficient (Wildman–Crippen LogP) is 2.62. The molecule has 1 aliphatic rings. The number of hydrogen-bond acceptors (Lipinski definition) is 4. The summed E-state index contributed by atoms with van der Waals surface area (Å²) in [5, 5.41) is 2.93. The number of benzene rings is 1. The first-order chi connectivity index (χ1) is 12.1. The minimum absolute atomic E-state index is 0.0358. The Morgan fingerprint density at radius 2 is 1.69 bits per heavy atom. The summed E-state index contributed by atoms with van der Waals surface area (Å²) in [4.78, 5) is 16.5. The molecule has 1 heterocycles. The van der Waals surface area contributed by atoms with Crippen LogP contribution in [-0.4, -0.2) is 60.3 Å². The van der Waals surface area contributed by atoms with Crippen molar-refractivity contribution in [2.24, 2.45) is 0 Å². The number of carbonyl (C=O) groups is 1. The van der Waals surface area contributed by atoms with E-state index < -0.39 is 6.36 Å². The summed E-state index contributed by atoms with van der Waals surface area (Å²) < 4.78 is 40.4. The average molecular weight is 373 g/mol. The number of piperazine rings is 1. The smallest absolute Gasteiger partial charge is 0.406 e. The third-order valence-electron chi connectivity index (χ3n) is 4.33. The molecule has 1 amide bonds. The molecule has 1 atom stereocenters. The molecule has 0 spiro atoms. The molecular weight excluding hydrogens is 347 g/mol. The fourth-order valence-corrected chi connectivity index (χ4v) is 2.93. The van der Waals surface area contributed by atoms with E-state index in [9.17, 15) is 18.0 Å². The molecule has 1 saturated heterocycles. The van der Waals surface area contributed by atoms with Gasteiger partial charge >= 0.3 is 6.36 Å². The Labute approximate surface area is 152 Å². The van der Waals surface area contributed by atoms with Crippen molar-refractivity contribution in [1.29, 1.82) is 0 Å². The zero-order valence-corrected chi connectivity index (χ0v) is 15.3. The van der Waals surface area contributed by atoms with Crippen LogP contribution in [0.5, 0.6) is 5.75 Å². The number of amides is 1. The zero-order valence-electron chi connectivity index (χ0n) is 15.3. The molecule has 0 saturated carbocycles. The molecule has 0 radical (unpaired) electrons. The standard InChI is InChI=1S/C18H26F3N3O2/c1-13(2)22-17(25)14(3)24-10-8-23(9-11-24)12-15-4-6-16(7-5-15)26-18(19,20)21/h4-7,13-14H,8-12H2,1-3H3,(H,22,25). The van der Waals surface area contributed by atoms with Crippen LogP contribution in [0.3, 0.4) is 0 Å². The van der Waals surface area contributed by atoms with Crippen LogP contribution in [0.1, 0.15) is 26.3 Å². The fraction of sp³-hybridized carbons (Fsp3) is 0.611. The monoisotopic (exact) mass is 373 g/mol. The SMILES string of the molecule is CC(C)NC(=O)C(C)N1CCN(Cc2ccc(OC(F)(F)F)cc2)CC1. The predicted molar refractivity (Wildman–Crippen MR) is 92.7 cm³/mol. The normalized spacial score (nSPS) is 18.0. The van der Waals surface area contributed by atoms with Gasteiger partial charge in [0.2, 0.25) is 5.91 Å². The number of halogens is 3. The van der Waals surface area contributed by atoms with Crippen molar-refractivity contribution in [2.45, 2.75) is 45.8 Å². The zero-order chi connectivity index (χ0) is 19.3. The Morgan fingerprint density at radius 1 is 1.12 bits per heavy atom. The highest BCUT2D eigenvalue weighted by Gasteiger charge is 2.31. The molecule has 1 aromatic carbocycles. The van der Waals surface area contributed by atoms with Crippen LogP contribution in [0.4, 0.5) is 13.2 Å². The molecule has 1 N–H and O–H groups in total. The van der Waals surface area contributed by atoms with Gasteiger partial charge in [-0.2, -0.15) is 0 Å². The lowest BCUT2D eigenvalue weighted by Crippen LogP contribution is -2.54. The molecule has 1 aromatic rings. The van der Waals surface area contributed by atoms with Gasteiger partial charge in [-0.3, -0.25) is 14.6 Å². The van der Waals surface area contributed by atoms with Crippen LogP contribution in [0, 0.1) is 0 Å². The number of carbonyl (C=O) groups excluding carboxylic acids is 1. The molecule has 1 unspecified atom stereocenters. The van der Waals surface area contributed by atoms with E-state index >= 15 is 0 Å². The van der Waals surface area contributed by atoms with Gasteiger partial charge in [0, 0.05) is 38.8 Å². The Hall–Kier alpha value is -1.80. The number of nitrogens with one attached hydrogen (secondary N) is 1. The molecular formula is C18H26F3N3O2. The van der Waals surface area contributed by atoms with Crippen LogP contribution >= 0.6 is 0 Å². The number of nitrogens with zero attached hydrogens (tertiary/aromatic N) is 2. The molecule has 1 aliphatic heterocycles. The van der Waals surface area contributed by atoms with Gasteiger partial charge in [-0.1, -0.05) is 12.1 Å². The van der Waals surface area contributed by atoms with Crippen LogP contribution in [0.2, 0.25) is 0 Å². The van der Waals surface area contributed by atoms with E-state index in [1.807, 2.05) is 20.8 Å². The Kier molecular flexibility index (Phi) is 6.88. The van der Waals surface area contributed by atoms with Gasteiger partial charge in [0.25, 0.3) is 0 Å². The third-order valence-corrected chi connectivity index (χ3v) is 4.33. The Balaban J connectivity index is 1.80. The van der Waals surface area contributed by atoms with Crippen molar-refractivity contribution in [3.8, 4) is 5.75 Å². The molecule has 5 nitrogen and oxygen atoms in total. The first kappa shape index (κ1) is 20.5. The topological polar surface area (TPSA) is 44.8 Å². The number of alkyl halides is 3. The molecule has 0 bridgehead atoms. The number of rotatable bonds is 6. The number of ether oxygens (including phenoxy) is 1. The van der Waals surface area contributed by atoms with Gasteiger partial charge in [-0.15, -0.1) is 13.2 Å². The molecule has 26 heavy (non-hydrogen) atoms. The van der Waals surface area contributed by atoms with Crippen LogP contribution in [-0.2, 0) is 11.3 Å². The van der Waals surface area contributed by atoms with E-state index in [0.717, 1.165) is 31.7 Å². The molecule has 1 fully saturated rings. The van der Waals surface area contributed by atoms with E-state index in [0.29, 0.717) is 6.54 Å². The molecule has 8 heteroatoms. The maximum absolute atomic E-state index is 12.2. The van der Waals surface area contributed by atoms with E-state index in [4.69, 9.17) is 0 Å². The minimum atomic E-state index is -4.67. The van der Waals surface area contributed by atoms with Crippen LogP contribution in [0.15, 0.2) is 24.3 Å². The van der Waals surface area contributed by atoms with Gasteiger partial charge < -0.3 is 10.1 Å². The summed E-state index contributed by atoms with van der Waals surface area (Å²) in [7, 11) is 0. The van der Waals surface area contributed by atoms with Gasteiger partial charge in [0.15, 0.2) is 0 Å². The van der Waals surface area contributed by atoms with Crippen LogP contribution in [0.25, 0.3) is 0 Å². The second-order valence-corrected chi connectivity index (χ2v) is 6.84. The highest BCUT2D eigenvalue weighted by atomic mass is 19.4. The number of hydrogen-bond donors (Lipinski definition) is 1. The maximum atomic E-state index is 12.2. The lowest BCUT2D eigenvalue weighted by Gasteiger charge is -2.37. The van der Waals surface area contributed by atoms with E-state index in [-0.39, 0.29) is 23.7 Å². The summed E-state index contributed by atoms with van der Waals surface area (Å²) >= 11 is 0. The van der Waals surface area contributed by atoms with E-state index in [2.05, 4.69) is 19.9 Å². The third kappa shape index (κ3) is 6.49. The Bertz CT molecular complexity index is 582. The second-order valence-electron chi connectivity index (χ2n) is 6.84.